The Kier molecular flexibility index (Phi) is 4.99. The van der Waals surface area contributed by atoms with Crippen LogP contribution in [0.4, 0.5) is 4.39 Å². The van der Waals surface area contributed by atoms with E-state index in [4.69, 9.17) is 5.73 Å². The topological polar surface area (TPSA) is 55.1 Å². The molecule has 4 heteroatoms. The fourth-order valence-electron chi connectivity index (χ4n) is 3.18. The van der Waals surface area contributed by atoms with E-state index in [0.717, 1.165) is 31.2 Å². The van der Waals surface area contributed by atoms with Gasteiger partial charge in [-0.1, -0.05) is 38.8 Å². The third-order valence-corrected chi connectivity index (χ3v) is 4.62. The van der Waals surface area contributed by atoms with Crippen LogP contribution in [0.2, 0.25) is 0 Å². The number of hydrogen-bond acceptors (Lipinski definition) is 2. The van der Waals surface area contributed by atoms with Gasteiger partial charge in [-0.05, 0) is 36.5 Å². The molecule has 1 aliphatic rings. The standard InChI is InChI=1S/C17H25FN2O/c1-12(2)15(13-5-7-14(18)8-6-13)20-16(21)17(11-19)9-3-4-10-17/h5-8,12,15H,3-4,9-11,19H2,1-2H3,(H,20,21). The number of benzene rings is 1. The van der Waals surface area contributed by atoms with Gasteiger partial charge in [0, 0.05) is 6.54 Å². The summed E-state index contributed by atoms with van der Waals surface area (Å²) in [5, 5.41) is 3.14. The number of rotatable bonds is 5. The fraction of sp³-hybridized carbons (Fsp3) is 0.588. The highest BCUT2D eigenvalue weighted by molar-refractivity contribution is 5.83. The van der Waals surface area contributed by atoms with Crippen LogP contribution in [-0.4, -0.2) is 12.5 Å². The largest absolute Gasteiger partial charge is 0.349 e. The van der Waals surface area contributed by atoms with E-state index in [-0.39, 0.29) is 23.7 Å². The Hall–Kier alpha value is -1.42. The maximum Gasteiger partial charge on any atom is 0.227 e. The van der Waals surface area contributed by atoms with Crippen molar-refractivity contribution in [1.82, 2.24) is 5.32 Å². The van der Waals surface area contributed by atoms with E-state index in [1.165, 1.54) is 12.1 Å². The van der Waals surface area contributed by atoms with Crippen molar-refractivity contribution >= 4 is 5.91 Å². The Morgan fingerprint density at radius 2 is 1.86 bits per heavy atom. The molecule has 0 heterocycles. The van der Waals surface area contributed by atoms with Crippen LogP contribution in [-0.2, 0) is 4.79 Å². The Morgan fingerprint density at radius 3 is 2.33 bits per heavy atom. The minimum Gasteiger partial charge on any atom is -0.349 e. The summed E-state index contributed by atoms with van der Waals surface area (Å²) in [4.78, 5) is 12.7. The van der Waals surface area contributed by atoms with Gasteiger partial charge < -0.3 is 11.1 Å². The van der Waals surface area contributed by atoms with Crippen molar-refractivity contribution < 1.29 is 9.18 Å². The predicted octanol–water partition coefficient (Wildman–Crippen LogP) is 3.16. The van der Waals surface area contributed by atoms with Gasteiger partial charge in [-0.15, -0.1) is 0 Å². The maximum absolute atomic E-state index is 13.1. The molecule has 1 fully saturated rings. The van der Waals surface area contributed by atoms with Crippen LogP contribution in [0.3, 0.4) is 0 Å². The molecule has 0 aromatic heterocycles. The summed E-state index contributed by atoms with van der Waals surface area (Å²) in [6.45, 7) is 4.50. The summed E-state index contributed by atoms with van der Waals surface area (Å²) in [7, 11) is 0. The number of hydrogen-bond donors (Lipinski definition) is 2. The first kappa shape index (κ1) is 16.0. The average molecular weight is 292 g/mol. The van der Waals surface area contributed by atoms with Gasteiger partial charge in [-0.3, -0.25) is 4.79 Å². The number of carbonyl (C=O) groups is 1. The molecule has 0 bridgehead atoms. The Labute approximate surface area is 126 Å². The van der Waals surface area contributed by atoms with Gasteiger partial charge in [-0.2, -0.15) is 0 Å². The highest BCUT2D eigenvalue weighted by Gasteiger charge is 2.40. The van der Waals surface area contributed by atoms with Crippen LogP contribution in [0.1, 0.15) is 51.1 Å². The van der Waals surface area contributed by atoms with Gasteiger partial charge in [0.05, 0.1) is 11.5 Å². The third-order valence-electron chi connectivity index (χ3n) is 4.62. The summed E-state index contributed by atoms with van der Waals surface area (Å²) < 4.78 is 13.1. The molecule has 0 radical (unpaired) electrons. The monoisotopic (exact) mass is 292 g/mol. The minimum atomic E-state index is -0.410. The van der Waals surface area contributed by atoms with Crippen molar-refractivity contribution in [2.24, 2.45) is 17.1 Å². The van der Waals surface area contributed by atoms with Crippen LogP contribution >= 0.6 is 0 Å². The van der Waals surface area contributed by atoms with E-state index in [2.05, 4.69) is 19.2 Å². The fourth-order valence-corrected chi connectivity index (χ4v) is 3.18. The lowest BCUT2D eigenvalue weighted by Crippen LogP contribution is -2.46. The first-order valence-corrected chi connectivity index (χ1v) is 7.75. The van der Waals surface area contributed by atoms with E-state index in [1.54, 1.807) is 12.1 Å². The lowest BCUT2D eigenvalue weighted by atomic mass is 9.84. The van der Waals surface area contributed by atoms with Gasteiger partial charge in [0.1, 0.15) is 5.82 Å². The molecule has 3 N–H and O–H groups in total. The second-order valence-corrected chi connectivity index (χ2v) is 6.44. The summed E-state index contributed by atoms with van der Waals surface area (Å²) >= 11 is 0. The predicted molar refractivity (Wildman–Crippen MR) is 82.1 cm³/mol. The summed E-state index contributed by atoms with van der Waals surface area (Å²) in [6.07, 6.45) is 3.86. The molecule has 1 atom stereocenters. The third kappa shape index (κ3) is 3.43. The van der Waals surface area contributed by atoms with Crippen LogP contribution in [0, 0.1) is 17.2 Å². The molecular formula is C17H25FN2O. The van der Waals surface area contributed by atoms with Crippen molar-refractivity contribution in [2.45, 2.75) is 45.6 Å². The van der Waals surface area contributed by atoms with Crippen LogP contribution in [0.15, 0.2) is 24.3 Å². The van der Waals surface area contributed by atoms with Crippen molar-refractivity contribution in [3.8, 4) is 0 Å². The van der Waals surface area contributed by atoms with Gasteiger partial charge in [0.15, 0.2) is 0 Å². The maximum atomic E-state index is 13.1. The van der Waals surface area contributed by atoms with Crippen molar-refractivity contribution in [2.75, 3.05) is 6.54 Å². The number of carbonyl (C=O) groups excluding carboxylic acids is 1. The second kappa shape index (κ2) is 6.56. The lowest BCUT2D eigenvalue weighted by Gasteiger charge is -2.31. The molecule has 0 spiro atoms. The number of nitrogens with one attached hydrogen (secondary N) is 1. The first-order valence-electron chi connectivity index (χ1n) is 7.75. The van der Waals surface area contributed by atoms with E-state index in [0.29, 0.717) is 6.54 Å². The zero-order chi connectivity index (χ0) is 15.5. The smallest absolute Gasteiger partial charge is 0.227 e. The van der Waals surface area contributed by atoms with E-state index >= 15 is 0 Å². The molecule has 0 saturated heterocycles. The molecule has 1 saturated carbocycles. The quantitative estimate of drug-likeness (QED) is 0.876. The zero-order valence-corrected chi connectivity index (χ0v) is 12.9. The zero-order valence-electron chi connectivity index (χ0n) is 12.9. The SMILES string of the molecule is CC(C)C(NC(=O)C1(CN)CCCC1)c1ccc(F)cc1. The molecule has 1 aromatic rings. The van der Waals surface area contributed by atoms with Crippen molar-refractivity contribution in [1.29, 1.82) is 0 Å². The first-order chi connectivity index (χ1) is 9.98. The number of halogens is 1. The van der Waals surface area contributed by atoms with Crippen LogP contribution in [0.25, 0.3) is 0 Å². The van der Waals surface area contributed by atoms with Gasteiger partial charge in [-0.25, -0.2) is 4.39 Å². The van der Waals surface area contributed by atoms with Crippen LogP contribution < -0.4 is 11.1 Å². The van der Waals surface area contributed by atoms with E-state index in [9.17, 15) is 9.18 Å². The van der Waals surface area contributed by atoms with Crippen molar-refractivity contribution in [3.63, 3.8) is 0 Å². The Bertz CT molecular complexity index is 478. The molecule has 0 aliphatic heterocycles. The van der Waals surface area contributed by atoms with Gasteiger partial charge in [0.2, 0.25) is 5.91 Å². The number of nitrogens with two attached hydrogens (primary N) is 1. The lowest BCUT2D eigenvalue weighted by molar-refractivity contribution is -0.131. The molecular weight excluding hydrogens is 267 g/mol. The van der Waals surface area contributed by atoms with E-state index in [1.807, 2.05) is 0 Å². The molecule has 116 valence electrons. The van der Waals surface area contributed by atoms with Crippen molar-refractivity contribution in [3.05, 3.63) is 35.6 Å². The van der Waals surface area contributed by atoms with Gasteiger partial charge in [0.25, 0.3) is 0 Å². The normalized spacial score (nSPS) is 18.7. The Balaban J connectivity index is 2.16. The van der Waals surface area contributed by atoms with Gasteiger partial charge >= 0.3 is 0 Å². The summed E-state index contributed by atoms with van der Waals surface area (Å²) in [5.74, 6) is 0.0166. The minimum absolute atomic E-state index is 0.0468. The Morgan fingerprint density at radius 1 is 1.29 bits per heavy atom. The summed E-state index contributed by atoms with van der Waals surface area (Å²) in [6, 6.07) is 6.24. The number of amides is 1. The van der Waals surface area contributed by atoms with E-state index < -0.39 is 5.41 Å². The molecule has 2 rings (SSSR count). The molecule has 1 aromatic carbocycles. The molecule has 1 aliphatic carbocycles. The molecule has 21 heavy (non-hydrogen) atoms. The average Bonchev–Trinajstić information content (AvgIpc) is 2.95. The second-order valence-electron chi connectivity index (χ2n) is 6.44. The van der Waals surface area contributed by atoms with Crippen LogP contribution in [0.5, 0.6) is 0 Å². The molecule has 3 nitrogen and oxygen atoms in total. The molecule has 1 unspecified atom stereocenters. The highest BCUT2D eigenvalue weighted by atomic mass is 19.1. The molecule has 1 amide bonds. The highest BCUT2D eigenvalue weighted by Crippen LogP contribution is 2.38. The summed E-state index contributed by atoms with van der Waals surface area (Å²) in [5.41, 5.74) is 6.40.